The van der Waals surface area contributed by atoms with Gasteiger partial charge in [-0.15, -0.1) is 0 Å². The van der Waals surface area contributed by atoms with Crippen LogP contribution < -0.4 is 0 Å². The van der Waals surface area contributed by atoms with Crippen LogP contribution in [-0.2, 0) is 0 Å². The number of rotatable bonds is 2. The van der Waals surface area contributed by atoms with Crippen molar-refractivity contribution in [2.75, 3.05) is 4.43 Å². The molecule has 1 fully saturated rings. The van der Waals surface area contributed by atoms with Gasteiger partial charge in [0.25, 0.3) is 0 Å². The van der Waals surface area contributed by atoms with Crippen LogP contribution in [0.3, 0.4) is 0 Å². The number of hydrogen-bond donors (Lipinski definition) is 0. The Morgan fingerprint density at radius 3 is 2.27 bits per heavy atom. The number of hydrogen-bond acceptors (Lipinski definition) is 0. The molecule has 0 amide bonds. The summed E-state index contributed by atoms with van der Waals surface area (Å²) in [5.41, 5.74) is 0.655. The molecule has 0 aromatic heterocycles. The van der Waals surface area contributed by atoms with Crippen LogP contribution in [0.5, 0.6) is 0 Å². The second kappa shape index (κ2) is 4.11. The summed E-state index contributed by atoms with van der Waals surface area (Å²) < 4.78 is 1.35. The van der Waals surface area contributed by atoms with Crippen molar-refractivity contribution in [2.45, 2.75) is 46.0 Å². The monoisotopic (exact) mass is 266 g/mol. The third-order valence-corrected chi connectivity index (χ3v) is 3.60. The van der Waals surface area contributed by atoms with Gasteiger partial charge < -0.3 is 0 Å². The van der Waals surface area contributed by atoms with Crippen molar-refractivity contribution in [1.29, 1.82) is 0 Å². The predicted molar refractivity (Wildman–Crippen MR) is 59.2 cm³/mol. The zero-order valence-corrected chi connectivity index (χ0v) is 9.86. The first kappa shape index (κ1) is 9.82. The van der Waals surface area contributed by atoms with Crippen LogP contribution in [0.2, 0.25) is 0 Å². The van der Waals surface area contributed by atoms with E-state index in [0.29, 0.717) is 5.41 Å². The van der Waals surface area contributed by atoms with Gasteiger partial charge in [-0.3, -0.25) is 0 Å². The molecule has 1 saturated carbocycles. The highest BCUT2D eigenvalue weighted by Gasteiger charge is 2.25. The summed E-state index contributed by atoms with van der Waals surface area (Å²) >= 11 is 2.50. The average molecular weight is 266 g/mol. The lowest BCUT2D eigenvalue weighted by molar-refractivity contribution is 0.189. The molecular formula is C10H19I. The van der Waals surface area contributed by atoms with Crippen LogP contribution in [-0.4, -0.2) is 4.43 Å². The Bertz CT molecular complexity index is 108. The van der Waals surface area contributed by atoms with Crippen molar-refractivity contribution in [3.8, 4) is 0 Å². The summed E-state index contributed by atoms with van der Waals surface area (Å²) in [6.07, 6.45) is 7.32. The van der Waals surface area contributed by atoms with Gasteiger partial charge in [0, 0.05) is 0 Å². The van der Waals surface area contributed by atoms with Crippen LogP contribution >= 0.6 is 22.6 Å². The first-order valence-electron chi connectivity index (χ1n) is 4.70. The van der Waals surface area contributed by atoms with Gasteiger partial charge in [0.15, 0.2) is 0 Å². The van der Waals surface area contributed by atoms with Crippen molar-refractivity contribution in [2.24, 2.45) is 11.3 Å². The third kappa shape index (κ3) is 3.30. The molecule has 1 aliphatic rings. The molecule has 11 heavy (non-hydrogen) atoms. The molecule has 0 aromatic rings. The van der Waals surface area contributed by atoms with Crippen LogP contribution in [0.1, 0.15) is 46.0 Å². The van der Waals surface area contributed by atoms with E-state index in [4.69, 9.17) is 0 Å². The summed E-state index contributed by atoms with van der Waals surface area (Å²) in [5, 5.41) is 0. The second-order valence-electron chi connectivity index (χ2n) is 4.59. The van der Waals surface area contributed by atoms with Gasteiger partial charge in [0.05, 0.1) is 0 Å². The maximum Gasteiger partial charge on any atom is -0.000209 e. The Labute approximate surface area is 84.3 Å². The fourth-order valence-corrected chi connectivity index (χ4v) is 2.78. The van der Waals surface area contributed by atoms with E-state index in [1.165, 1.54) is 36.5 Å². The molecule has 0 radical (unpaired) electrons. The highest BCUT2D eigenvalue weighted by molar-refractivity contribution is 14.1. The molecular weight excluding hydrogens is 247 g/mol. The molecule has 0 spiro atoms. The average Bonchev–Trinajstić information content (AvgIpc) is 1.94. The van der Waals surface area contributed by atoms with Gasteiger partial charge in [0.1, 0.15) is 0 Å². The zero-order chi connectivity index (χ0) is 8.32. The van der Waals surface area contributed by atoms with E-state index < -0.39 is 0 Å². The molecule has 66 valence electrons. The van der Waals surface area contributed by atoms with E-state index >= 15 is 0 Å². The van der Waals surface area contributed by atoms with Crippen LogP contribution in [0, 0.1) is 11.3 Å². The largest absolute Gasteiger partial charge is 0.0864 e. The molecule has 0 saturated heterocycles. The van der Waals surface area contributed by atoms with Crippen molar-refractivity contribution >= 4 is 22.6 Å². The smallest absolute Gasteiger partial charge is 0.000209 e. The third-order valence-electron chi connectivity index (χ3n) is 2.98. The molecule has 0 heterocycles. The first-order valence-corrected chi connectivity index (χ1v) is 6.22. The molecule has 0 atom stereocenters. The highest BCUT2D eigenvalue weighted by Crippen LogP contribution is 2.39. The van der Waals surface area contributed by atoms with Crippen LogP contribution in [0.25, 0.3) is 0 Å². The molecule has 1 heteroatoms. The number of halogens is 1. The zero-order valence-electron chi connectivity index (χ0n) is 7.70. The summed E-state index contributed by atoms with van der Waals surface area (Å²) in [7, 11) is 0. The Morgan fingerprint density at radius 1 is 1.27 bits per heavy atom. The van der Waals surface area contributed by atoms with Crippen molar-refractivity contribution in [3.63, 3.8) is 0 Å². The van der Waals surface area contributed by atoms with Crippen LogP contribution in [0.15, 0.2) is 0 Å². The highest BCUT2D eigenvalue weighted by atomic mass is 127. The van der Waals surface area contributed by atoms with Crippen molar-refractivity contribution < 1.29 is 0 Å². The Hall–Kier alpha value is 0.730. The molecule has 1 aliphatic carbocycles. The van der Waals surface area contributed by atoms with Gasteiger partial charge >= 0.3 is 0 Å². The standard InChI is InChI=1S/C10H19I/c1-10(2)6-3-9(4-7-10)5-8-11/h9H,3-8H2,1-2H3. The molecule has 0 aromatic carbocycles. The van der Waals surface area contributed by atoms with E-state index in [2.05, 4.69) is 36.4 Å². The molecule has 0 bridgehead atoms. The molecule has 0 unspecified atom stereocenters. The minimum Gasteiger partial charge on any atom is -0.0864 e. The van der Waals surface area contributed by atoms with Gasteiger partial charge in [-0.25, -0.2) is 0 Å². The minimum absolute atomic E-state index is 0.655. The van der Waals surface area contributed by atoms with E-state index in [1.807, 2.05) is 0 Å². The SMILES string of the molecule is CC1(C)CCC(CCI)CC1. The summed E-state index contributed by atoms with van der Waals surface area (Å²) in [6.45, 7) is 4.82. The summed E-state index contributed by atoms with van der Waals surface area (Å²) in [5.74, 6) is 1.06. The lowest BCUT2D eigenvalue weighted by Gasteiger charge is -2.34. The van der Waals surface area contributed by atoms with Crippen molar-refractivity contribution in [3.05, 3.63) is 0 Å². The topological polar surface area (TPSA) is 0 Å². The number of alkyl halides is 1. The quantitative estimate of drug-likeness (QED) is 0.523. The molecule has 0 N–H and O–H groups in total. The lowest BCUT2D eigenvalue weighted by Crippen LogP contribution is -2.21. The normalized spacial score (nSPS) is 25.4. The Morgan fingerprint density at radius 2 is 1.82 bits per heavy atom. The predicted octanol–water partition coefficient (Wildman–Crippen LogP) is 4.03. The summed E-state index contributed by atoms with van der Waals surface area (Å²) in [4.78, 5) is 0. The molecule has 1 rings (SSSR count). The first-order chi connectivity index (χ1) is 5.14. The van der Waals surface area contributed by atoms with E-state index in [0.717, 1.165) is 5.92 Å². The van der Waals surface area contributed by atoms with Gasteiger partial charge in [-0.1, -0.05) is 36.4 Å². The minimum atomic E-state index is 0.655. The second-order valence-corrected chi connectivity index (χ2v) is 5.66. The van der Waals surface area contributed by atoms with Gasteiger partial charge in [-0.05, 0) is 47.9 Å². The maximum atomic E-state index is 2.50. The molecule has 0 nitrogen and oxygen atoms in total. The van der Waals surface area contributed by atoms with Crippen molar-refractivity contribution in [1.82, 2.24) is 0 Å². The molecule has 0 aliphatic heterocycles. The lowest BCUT2D eigenvalue weighted by atomic mass is 9.72. The van der Waals surface area contributed by atoms with Gasteiger partial charge in [0.2, 0.25) is 0 Å². The van der Waals surface area contributed by atoms with E-state index in [9.17, 15) is 0 Å². The van der Waals surface area contributed by atoms with E-state index in [1.54, 1.807) is 0 Å². The van der Waals surface area contributed by atoms with Crippen LogP contribution in [0.4, 0.5) is 0 Å². The van der Waals surface area contributed by atoms with Gasteiger partial charge in [-0.2, -0.15) is 0 Å². The van der Waals surface area contributed by atoms with E-state index in [-0.39, 0.29) is 0 Å². The fourth-order valence-electron chi connectivity index (χ4n) is 1.90. The fraction of sp³-hybridized carbons (Fsp3) is 1.00. The maximum absolute atomic E-state index is 2.50. The Kier molecular flexibility index (Phi) is 3.66. The Balaban J connectivity index is 2.25. The summed E-state index contributed by atoms with van der Waals surface area (Å²) in [6, 6.07) is 0.